The van der Waals surface area contributed by atoms with Crippen molar-refractivity contribution in [1.82, 2.24) is 14.5 Å². The Morgan fingerprint density at radius 3 is 2.68 bits per heavy atom. The van der Waals surface area contributed by atoms with E-state index in [0.717, 1.165) is 42.4 Å². The molecule has 1 aromatic carbocycles. The Morgan fingerprint density at radius 2 is 1.96 bits per heavy atom. The summed E-state index contributed by atoms with van der Waals surface area (Å²) in [5, 5.41) is 0. The van der Waals surface area contributed by atoms with Gasteiger partial charge in [-0.05, 0) is 43.2 Å². The van der Waals surface area contributed by atoms with Crippen LogP contribution in [0.4, 0.5) is 10.1 Å². The first kappa shape index (κ1) is 18.6. The van der Waals surface area contributed by atoms with Crippen molar-refractivity contribution in [3.63, 3.8) is 0 Å². The van der Waals surface area contributed by atoms with E-state index in [2.05, 4.69) is 47.5 Å². The third-order valence-electron chi connectivity index (χ3n) is 5.14. The average Bonchev–Trinajstić information content (AvgIpc) is 3.18. The first-order chi connectivity index (χ1) is 13.5. The molecule has 4 rings (SSSR count). The Balaban J connectivity index is 1.73. The minimum atomic E-state index is -0.266. The molecule has 146 valence electrons. The number of rotatable bonds is 4. The van der Waals surface area contributed by atoms with Gasteiger partial charge in [-0.15, -0.1) is 0 Å². The van der Waals surface area contributed by atoms with E-state index < -0.39 is 0 Å². The lowest BCUT2D eigenvalue weighted by molar-refractivity contribution is 0.0989. The molecule has 0 aliphatic carbocycles. The van der Waals surface area contributed by atoms with Crippen molar-refractivity contribution in [2.45, 2.75) is 32.7 Å². The van der Waals surface area contributed by atoms with Gasteiger partial charge in [0.1, 0.15) is 11.6 Å². The van der Waals surface area contributed by atoms with E-state index in [1.807, 2.05) is 12.4 Å². The molecule has 1 saturated heterocycles. The van der Waals surface area contributed by atoms with Crippen molar-refractivity contribution in [2.75, 3.05) is 24.7 Å². The highest BCUT2D eigenvalue weighted by Gasteiger charge is 2.21. The highest BCUT2D eigenvalue weighted by Crippen LogP contribution is 2.27. The molecule has 5 nitrogen and oxygen atoms in total. The molecule has 0 radical (unpaired) electrons. The van der Waals surface area contributed by atoms with Crippen molar-refractivity contribution < 1.29 is 9.13 Å². The van der Waals surface area contributed by atoms with Gasteiger partial charge in [-0.2, -0.15) is 0 Å². The normalized spacial score (nSPS) is 17.3. The van der Waals surface area contributed by atoms with E-state index in [4.69, 9.17) is 9.72 Å². The molecule has 0 saturated carbocycles. The molecule has 0 N–H and O–H groups in total. The number of hydrogen-bond donors (Lipinski definition) is 0. The van der Waals surface area contributed by atoms with Gasteiger partial charge < -0.3 is 14.2 Å². The van der Waals surface area contributed by atoms with Crippen LogP contribution in [0.1, 0.15) is 32.3 Å². The zero-order valence-corrected chi connectivity index (χ0v) is 16.5. The van der Waals surface area contributed by atoms with Crippen molar-refractivity contribution in [3.8, 4) is 17.2 Å². The summed E-state index contributed by atoms with van der Waals surface area (Å²) in [5.41, 5.74) is 3.03. The summed E-state index contributed by atoms with van der Waals surface area (Å²) in [6.07, 6.45) is 6.04. The van der Waals surface area contributed by atoms with Crippen molar-refractivity contribution in [3.05, 3.63) is 60.3 Å². The predicted molar refractivity (Wildman–Crippen MR) is 108 cm³/mol. The second-order valence-corrected chi connectivity index (χ2v) is 7.53. The molecule has 3 aromatic rings. The van der Waals surface area contributed by atoms with Gasteiger partial charge in [-0.3, -0.25) is 0 Å². The number of benzene rings is 1. The number of morpholine rings is 1. The van der Waals surface area contributed by atoms with E-state index >= 15 is 0 Å². The number of halogens is 1. The van der Waals surface area contributed by atoms with Gasteiger partial charge >= 0.3 is 0 Å². The molecule has 0 amide bonds. The molecule has 0 bridgehead atoms. The maximum Gasteiger partial charge on any atom is 0.161 e. The topological polar surface area (TPSA) is 43.2 Å². The van der Waals surface area contributed by atoms with Gasteiger partial charge in [0.05, 0.1) is 18.9 Å². The highest BCUT2D eigenvalue weighted by atomic mass is 19.1. The Bertz CT molecular complexity index is 951. The summed E-state index contributed by atoms with van der Waals surface area (Å²) < 4.78 is 20.9. The number of hydrogen-bond acceptors (Lipinski definition) is 4. The summed E-state index contributed by atoms with van der Waals surface area (Å²) in [7, 11) is 0. The van der Waals surface area contributed by atoms with Crippen LogP contribution in [0.25, 0.3) is 17.2 Å². The van der Waals surface area contributed by atoms with E-state index in [-0.39, 0.29) is 11.7 Å². The van der Waals surface area contributed by atoms with Crippen LogP contribution in [0.5, 0.6) is 0 Å². The van der Waals surface area contributed by atoms with Crippen LogP contribution >= 0.6 is 0 Å². The first-order valence-corrected chi connectivity index (χ1v) is 9.68. The summed E-state index contributed by atoms with van der Waals surface area (Å²) in [4.78, 5) is 11.7. The predicted octanol–water partition coefficient (Wildman–Crippen LogP) is 4.42. The monoisotopic (exact) mass is 380 g/mol. The van der Waals surface area contributed by atoms with Crippen LogP contribution in [0, 0.1) is 5.82 Å². The van der Waals surface area contributed by atoms with Crippen LogP contribution in [-0.2, 0) is 4.74 Å². The molecule has 1 aliphatic rings. The molecule has 1 aliphatic heterocycles. The van der Waals surface area contributed by atoms with Crippen LogP contribution in [-0.4, -0.2) is 40.3 Å². The van der Waals surface area contributed by atoms with Gasteiger partial charge in [0.15, 0.2) is 5.82 Å². The first-order valence-electron chi connectivity index (χ1n) is 9.68. The second-order valence-electron chi connectivity index (χ2n) is 7.53. The molecular formula is C22H25FN4O. The lowest BCUT2D eigenvalue weighted by Gasteiger charge is -2.34. The van der Waals surface area contributed by atoms with Gasteiger partial charge in [-0.1, -0.05) is 13.8 Å². The largest absolute Gasteiger partial charge is 0.377 e. The zero-order valence-electron chi connectivity index (χ0n) is 16.5. The SMILES string of the molecule is CC(C)c1cnc(-c2ccc(F)cc2)nc1-n1ccc(N2CCOCC2C)c1. The van der Waals surface area contributed by atoms with Crippen molar-refractivity contribution >= 4 is 5.69 Å². The molecular weight excluding hydrogens is 355 g/mol. The number of aromatic nitrogens is 3. The van der Waals surface area contributed by atoms with E-state index in [1.165, 1.54) is 12.1 Å². The van der Waals surface area contributed by atoms with Crippen LogP contribution in [0.3, 0.4) is 0 Å². The molecule has 1 fully saturated rings. The lowest BCUT2D eigenvalue weighted by atomic mass is 10.1. The van der Waals surface area contributed by atoms with E-state index in [1.54, 1.807) is 12.1 Å². The number of nitrogens with zero attached hydrogens (tertiary/aromatic N) is 4. The molecule has 1 unspecified atom stereocenters. The maximum absolute atomic E-state index is 13.3. The number of anilines is 1. The van der Waals surface area contributed by atoms with Gasteiger partial charge in [0.25, 0.3) is 0 Å². The zero-order chi connectivity index (χ0) is 19.7. The lowest BCUT2D eigenvalue weighted by Crippen LogP contribution is -2.43. The fourth-order valence-electron chi connectivity index (χ4n) is 3.53. The van der Waals surface area contributed by atoms with Gasteiger partial charge in [-0.25, -0.2) is 14.4 Å². The Labute approximate surface area is 164 Å². The van der Waals surface area contributed by atoms with Crippen LogP contribution < -0.4 is 4.90 Å². The molecule has 0 spiro atoms. The summed E-state index contributed by atoms with van der Waals surface area (Å²) >= 11 is 0. The fourth-order valence-corrected chi connectivity index (χ4v) is 3.53. The highest BCUT2D eigenvalue weighted by molar-refractivity contribution is 5.57. The maximum atomic E-state index is 13.3. The van der Waals surface area contributed by atoms with Crippen molar-refractivity contribution in [1.29, 1.82) is 0 Å². The van der Waals surface area contributed by atoms with E-state index in [9.17, 15) is 4.39 Å². The van der Waals surface area contributed by atoms with Crippen molar-refractivity contribution in [2.24, 2.45) is 0 Å². The summed E-state index contributed by atoms with van der Waals surface area (Å²) in [5.74, 6) is 1.47. The van der Waals surface area contributed by atoms with Gasteiger partial charge in [0.2, 0.25) is 0 Å². The Morgan fingerprint density at radius 1 is 1.18 bits per heavy atom. The molecule has 3 heterocycles. The minimum absolute atomic E-state index is 0.266. The van der Waals surface area contributed by atoms with Gasteiger partial charge in [0, 0.05) is 42.3 Å². The smallest absolute Gasteiger partial charge is 0.161 e. The van der Waals surface area contributed by atoms with E-state index in [0.29, 0.717) is 11.9 Å². The third kappa shape index (κ3) is 3.64. The second kappa shape index (κ2) is 7.72. The molecule has 6 heteroatoms. The summed E-state index contributed by atoms with van der Waals surface area (Å²) in [6.45, 7) is 8.81. The van der Waals surface area contributed by atoms with Crippen LogP contribution in [0.2, 0.25) is 0 Å². The Kier molecular flexibility index (Phi) is 5.13. The third-order valence-corrected chi connectivity index (χ3v) is 5.14. The summed E-state index contributed by atoms with van der Waals surface area (Å²) in [6, 6.07) is 8.74. The molecule has 2 aromatic heterocycles. The number of ether oxygens (including phenoxy) is 1. The molecule has 1 atom stereocenters. The standard InChI is InChI=1S/C22H25FN4O/c1-15(2)20-12-24-21(17-4-6-18(23)7-5-17)25-22(20)26-9-8-19(13-26)27-10-11-28-14-16(27)3/h4-9,12-13,15-16H,10-11,14H2,1-3H3. The minimum Gasteiger partial charge on any atom is -0.377 e. The fraction of sp³-hybridized carbons (Fsp3) is 0.364. The quantitative estimate of drug-likeness (QED) is 0.672. The van der Waals surface area contributed by atoms with Crippen LogP contribution in [0.15, 0.2) is 48.9 Å². The Hall–Kier alpha value is -2.73. The molecule has 28 heavy (non-hydrogen) atoms. The average molecular weight is 380 g/mol.